The van der Waals surface area contributed by atoms with E-state index in [4.69, 9.17) is 11.6 Å². The standard InChI is InChI=1S/C25H28ClF3N4O/c1-15-22(17-5-3-2-4-6-17)23(33-32-15)30-14-16-7-10-19(11-8-16)31-24(34)20-13-18(25(27,28)29)9-12-21(20)26/h2-3,5,9,12-13,16,19H,4,6-8,10-11,14H2,1H3,(H,31,34)(H2,30,32,33). The van der Waals surface area contributed by atoms with Crippen molar-refractivity contribution in [2.45, 2.75) is 57.7 Å². The first kappa shape index (κ1) is 24.4. The largest absolute Gasteiger partial charge is 0.416 e. The number of rotatable bonds is 6. The van der Waals surface area contributed by atoms with Crippen LogP contribution in [-0.4, -0.2) is 28.7 Å². The van der Waals surface area contributed by atoms with Crippen molar-refractivity contribution in [1.82, 2.24) is 15.5 Å². The molecule has 2 aliphatic carbocycles. The summed E-state index contributed by atoms with van der Waals surface area (Å²) in [5.74, 6) is 0.730. The fourth-order valence-electron chi connectivity index (χ4n) is 4.65. The third-order valence-corrected chi connectivity index (χ3v) is 6.89. The number of hydrogen-bond acceptors (Lipinski definition) is 3. The predicted molar refractivity (Wildman–Crippen MR) is 128 cm³/mol. The Morgan fingerprint density at radius 2 is 2.00 bits per heavy atom. The van der Waals surface area contributed by atoms with Crippen LogP contribution in [0.15, 0.2) is 36.4 Å². The van der Waals surface area contributed by atoms with E-state index in [0.29, 0.717) is 5.92 Å². The number of anilines is 1. The molecule has 0 aliphatic heterocycles. The number of nitrogens with zero attached hydrogens (tertiary/aromatic N) is 1. The highest BCUT2D eigenvalue weighted by molar-refractivity contribution is 6.33. The number of alkyl halides is 3. The monoisotopic (exact) mass is 492 g/mol. The zero-order valence-electron chi connectivity index (χ0n) is 18.9. The van der Waals surface area contributed by atoms with Crippen molar-refractivity contribution < 1.29 is 18.0 Å². The molecule has 1 amide bonds. The van der Waals surface area contributed by atoms with Gasteiger partial charge in [0.25, 0.3) is 5.91 Å². The number of halogens is 4. The molecule has 1 fully saturated rings. The minimum atomic E-state index is -4.53. The van der Waals surface area contributed by atoms with Crippen molar-refractivity contribution in [3.63, 3.8) is 0 Å². The lowest BCUT2D eigenvalue weighted by Crippen LogP contribution is -2.38. The first-order chi connectivity index (χ1) is 16.2. The summed E-state index contributed by atoms with van der Waals surface area (Å²) in [6, 6.07) is 2.72. The van der Waals surface area contributed by atoms with Crippen molar-refractivity contribution in [3.8, 4) is 0 Å². The molecule has 0 spiro atoms. The lowest BCUT2D eigenvalue weighted by Gasteiger charge is -2.29. The summed E-state index contributed by atoms with van der Waals surface area (Å²) < 4.78 is 39.0. The van der Waals surface area contributed by atoms with E-state index in [-0.39, 0.29) is 16.6 Å². The van der Waals surface area contributed by atoms with E-state index in [2.05, 4.69) is 39.1 Å². The first-order valence-electron chi connectivity index (χ1n) is 11.5. The number of aryl methyl sites for hydroxylation is 1. The molecule has 2 aromatic rings. The van der Waals surface area contributed by atoms with Crippen LogP contribution in [0.5, 0.6) is 0 Å². The van der Waals surface area contributed by atoms with Crippen LogP contribution in [0.4, 0.5) is 19.0 Å². The van der Waals surface area contributed by atoms with E-state index in [1.165, 1.54) is 5.57 Å². The molecule has 0 unspecified atom stereocenters. The third kappa shape index (κ3) is 5.66. The van der Waals surface area contributed by atoms with Crippen LogP contribution in [0.3, 0.4) is 0 Å². The molecule has 4 rings (SSSR count). The van der Waals surface area contributed by atoms with Crippen LogP contribution >= 0.6 is 11.6 Å². The summed E-state index contributed by atoms with van der Waals surface area (Å²) in [6.07, 6.45) is 7.19. The Bertz CT molecular complexity index is 1100. The van der Waals surface area contributed by atoms with Crippen molar-refractivity contribution in [2.24, 2.45) is 5.92 Å². The molecular weight excluding hydrogens is 465 g/mol. The molecule has 1 aromatic heterocycles. The number of amides is 1. The molecule has 0 bridgehead atoms. The van der Waals surface area contributed by atoms with Crippen molar-refractivity contribution in [3.05, 3.63) is 63.8 Å². The molecule has 9 heteroatoms. The number of aromatic nitrogens is 2. The van der Waals surface area contributed by atoms with E-state index in [1.807, 2.05) is 6.92 Å². The van der Waals surface area contributed by atoms with Gasteiger partial charge in [-0.15, -0.1) is 0 Å². The van der Waals surface area contributed by atoms with E-state index in [1.54, 1.807) is 0 Å². The van der Waals surface area contributed by atoms with Crippen LogP contribution < -0.4 is 10.6 Å². The molecule has 0 saturated heterocycles. The van der Waals surface area contributed by atoms with Gasteiger partial charge >= 0.3 is 6.18 Å². The molecule has 0 radical (unpaired) electrons. The number of H-pyrrole nitrogens is 1. The number of hydrogen-bond donors (Lipinski definition) is 3. The molecule has 5 nitrogen and oxygen atoms in total. The average Bonchev–Trinajstić information content (AvgIpc) is 3.19. The van der Waals surface area contributed by atoms with Gasteiger partial charge in [-0.25, -0.2) is 0 Å². The van der Waals surface area contributed by atoms with Crippen molar-refractivity contribution in [1.29, 1.82) is 0 Å². The van der Waals surface area contributed by atoms with Gasteiger partial charge in [-0.05, 0) is 75.1 Å². The predicted octanol–water partition coefficient (Wildman–Crippen LogP) is 6.52. The van der Waals surface area contributed by atoms with E-state index in [9.17, 15) is 18.0 Å². The lowest BCUT2D eigenvalue weighted by molar-refractivity contribution is -0.137. The van der Waals surface area contributed by atoms with Crippen LogP contribution in [0, 0.1) is 12.8 Å². The maximum atomic E-state index is 13.0. The van der Waals surface area contributed by atoms with Crippen molar-refractivity contribution >= 4 is 28.9 Å². The van der Waals surface area contributed by atoms with E-state index < -0.39 is 17.6 Å². The zero-order chi connectivity index (χ0) is 24.3. The molecule has 0 atom stereocenters. The van der Waals surface area contributed by atoms with Gasteiger partial charge in [0.1, 0.15) is 0 Å². The minimum absolute atomic E-state index is 0.0112. The minimum Gasteiger partial charge on any atom is -0.368 e. The van der Waals surface area contributed by atoms with Gasteiger partial charge in [0.2, 0.25) is 0 Å². The quantitative estimate of drug-likeness (QED) is 0.429. The van der Waals surface area contributed by atoms with E-state index >= 15 is 0 Å². The topological polar surface area (TPSA) is 69.8 Å². The molecule has 1 saturated carbocycles. The molecule has 34 heavy (non-hydrogen) atoms. The highest BCUT2D eigenvalue weighted by Gasteiger charge is 2.32. The van der Waals surface area contributed by atoms with Gasteiger partial charge in [0.05, 0.1) is 16.1 Å². The Labute approximate surface area is 201 Å². The smallest absolute Gasteiger partial charge is 0.368 e. The van der Waals surface area contributed by atoms with Gasteiger partial charge < -0.3 is 10.6 Å². The highest BCUT2D eigenvalue weighted by Crippen LogP contribution is 2.33. The summed E-state index contributed by atoms with van der Waals surface area (Å²) in [5, 5.41) is 13.9. The van der Waals surface area contributed by atoms with Gasteiger partial charge in [0, 0.05) is 23.8 Å². The van der Waals surface area contributed by atoms with Gasteiger partial charge in [-0.1, -0.05) is 29.8 Å². The molecular formula is C25H28ClF3N4O. The number of carbonyl (C=O) groups excluding carboxylic acids is 1. The summed E-state index contributed by atoms with van der Waals surface area (Å²) in [7, 11) is 0. The fraction of sp³-hybridized carbons (Fsp3) is 0.440. The number of nitrogens with one attached hydrogen (secondary N) is 3. The van der Waals surface area contributed by atoms with Crippen LogP contribution in [0.25, 0.3) is 5.57 Å². The number of benzene rings is 1. The Morgan fingerprint density at radius 3 is 2.68 bits per heavy atom. The maximum absolute atomic E-state index is 13.0. The Kier molecular flexibility index (Phi) is 7.36. The average molecular weight is 493 g/mol. The molecule has 2 aliphatic rings. The SMILES string of the molecule is Cc1[nH]nc(NCC2CCC(NC(=O)c3cc(C(F)(F)F)ccc3Cl)CC2)c1C1=CC=CCC1. The zero-order valence-corrected chi connectivity index (χ0v) is 19.7. The highest BCUT2D eigenvalue weighted by atomic mass is 35.5. The molecule has 1 aromatic carbocycles. The van der Waals surface area contributed by atoms with Crippen LogP contribution in [0.2, 0.25) is 5.02 Å². The Balaban J connectivity index is 1.30. The third-order valence-electron chi connectivity index (χ3n) is 6.56. The van der Waals surface area contributed by atoms with E-state index in [0.717, 1.165) is 80.3 Å². The number of carbonyl (C=O) groups is 1. The number of allylic oxidation sites excluding steroid dienone is 4. The number of aromatic amines is 1. The van der Waals surface area contributed by atoms with Gasteiger partial charge in [-0.3, -0.25) is 9.89 Å². The molecule has 182 valence electrons. The van der Waals surface area contributed by atoms with Crippen LogP contribution in [-0.2, 0) is 6.18 Å². The van der Waals surface area contributed by atoms with Crippen molar-refractivity contribution in [2.75, 3.05) is 11.9 Å². The summed E-state index contributed by atoms with van der Waals surface area (Å²) >= 11 is 6.00. The Morgan fingerprint density at radius 1 is 1.24 bits per heavy atom. The van der Waals surface area contributed by atoms with Crippen LogP contribution in [0.1, 0.15) is 65.7 Å². The molecule has 3 N–H and O–H groups in total. The normalized spacial score (nSPS) is 20.7. The summed E-state index contributed by atoms with van der Waals surface area (Å²) in [5.41, 5.74) is 2.43. The summed E-state index contributed by atoms with van der Waals surface area (Å²) in [4.78, 5) is 12.6. The fourth-order valence-corrected chi connectivity index (χ4v) is 4.85. The molecule has 1 heterocycles. The maximum Gasteiger partial charge on any atom is 0.416 e. The van der Waals surface area contributed by atoms with Gasteiger partial charge in [-0.2, -0.15) is 18.3 Å². The Hall–Kier alpha value is -2.74. The second kappa shape index (κ2) is 10.3. The first-order valence-corrected chi connectivity index (χ1v) is 11.9. The second-order valence-electron chi connectivity index (χ2n) is 9.00. The summed E-state index contributed by atoms with van der Waals surface area (Å²) in [6.45, 7) is 2.80. The van der Waals surface area contributed by atoms with Gasteiger partial charge in [0.15, 0.2) is 5.82 Å². The second-order valence-corrected chi connectivity index (χ2v) is 9.40. The lowest BCUT2D eigenvalue weighted by atomic mass is 9.85.